The summed E-state index contributed by atoms with van der Waals surface area (Å²) in [7, 11) is 0. The Morgan fingerprint density at radius 3 is 2.71 bits per heavy atom. The molecule has 2 heterocycles. The van der Waals surface area contributed by atoms with Crippen molar-refractivity contribution in [1.82, 2.24) is 9.88 Å². The summed E-state index contributed by atoms with van der Waals surface area (Å²) in [6.07, 6.45) is 0.682. The molecule has 1 fully saturated rings. The number of carbonyl (C=O) groups is 1. The van der Waals surface area contributed by atoms with E-state index < -0.39 is 17.4 Å². The van der Waals surface area contributed by atoms with Crippen LogP contribution in [0.5, 0.6) is 0 Å². The Morgan fingerprint density at radius 2 is 2.08 bits per heavy atom. The molecule has 0 bridgehead atoms. The summed E-state index contributed by atoms with van der Waals surface area (Å²) in [6.45, 7) is 7.67. The van der Waals surface area contributed by atoms with Crippen molar-refractivity contribution in [3.05, 3.63) is 34.5 Å². The minimum Gasteiger partial charge on any atom is -0.438 e. The van der Waals surface area contributed by atoms with Crippen molar-refractivity contribution < 1.29 is 14.6 Å². The molecule has 1 aliphatic rings. The van der Waals surface area contributed by atoms with Crippen LogP contribution >= 0.6 is 11.6 Å². The number of aromatic amines is 1. The molecule has 2 unspecified atom stereocenters. The fourth-order valence-corrected chi connectivity index (χ4v) is 3.66. The Labute approximate surface area is 146 Å². The first kappa shape index (κ1) is 17.1. The molecule has 130 valence electrons. The monoisotopic (exact) mass is 350 g/mol. The summed E-state index contributed by atoms with van der Waals surface area (Å²) in [5.74, 6) is 0. The summed E-state index contributed by atoms with van der Waals surface area (Å²) < 4.78 is 5.44. The smallest absolute Gasteiger partial charge is 0.412 e. The number of cyclic esters (lactones) is 1. The number of rotatable bonds is 4. The lowest BCUT2D eigenvalue weighted by Crippen LogP contribution is -2.55. The quantitative estimate of drug-likeness (QED) is 0.875. The van der Waals surface area contributed by atoms with Crippen LogP contribution in [-0.4, -0.2) is 39.0 Å². The molecule has 0 radical (unpaired) electrons. The number of aliphatic hydroxyl groups is 1. The average Bonchev–Trinajstić information content (AvgIpc) is 2.92. The number of hydrogen-bond donors (Lipinski definition) is 2. The Kier molecular flexibility index (Phi) is 4.04. The number of aromatic nitrogens is 1. The number of para-hydroxylation sites is 1. The molecule has 0 saturated carbocycles. The van der Waals surface area contributed by atoms with Crippen molar-refractivity contribution in [2.75, 3.05) is 6.54 Å². The number of fused-ring (bicyclic) bond motifs is 1. The maximum atomic E-state index is 12.2. The van der Waals surface area contributed by atoms with Gasteiger partial charge in [-0.05, 0) is 45.2 Å². The van der Waals surface area contributed by atoms with Gasteiger partial charge in [-0.1, -0.05) is 30.7 Å². The van der Waals surface area contributed by atoms with Gasteiger partial charge in [0.2, 0.25) is 0 Å². The molecule has 3 rings (SSSR count). The van der Waals surface area contributed by atoms with Gasteiger partial charge in [0.15, 0.2) is 11.3 Å². The van der Waals surface area contributed by atoms with Crippen LogP contribution in [0.25, 0.3) is 10.9 Å². The van der Waals surface area contributed by atoms with E-state index in [-0.39, 0.29) is 0 Å². The molecule has 1 aromatic carbocycles. The maximum Gasteiger partial charge on any atom is 0.412 e. The number of halogens is 1. The third-order valence-corrected chi connectivity index (χ3v) is 5.74. The van der Waals surface area contributed by atoms with Crippen molar-refractivity contribution >= 4 is 28.6 Å². The fourth-order valence-electron chi connectivity index (χ4n) is 3.44. The van der Waals surface area contributed by atoms with E-state index in [2.05, 4.69) is 4.98 Å². The van der Waals surface area contributed by atoms with Crippen LogP contribution in [-0.2, 0) is 11.2 Å². The molecule has 0 spiro atoms. The second-order valence-corrected chi connectivity index (χ2v) is 7.17. The first-order chi connectivity index (χ1) is 11.2. The van der Waals surface area contributed by atoms with Gasteiger partial charge < -0.3 is 14.8 Å². The molecule has 1 aromatic heterocycles. The zero-order valence-electron chi connectivity index (χ0n) is 14.4. The topological polar surface area (TPSA) is 65.6 Å². The number of nitrogens with zero attached hydrogens (tertiary/aromatic N) is 1. The van der Waals surface area contributed by atoms with Gasteiger partial charge >= 0.3 is 6.09 Å². The van der Waals surface area contributed by atoms with Gasteiger partial charge in [0, 0.05) is 17.6 Å². The second kappa shape index (κ2) is 5.67. The molecule has 6 heteroatoms. The van der Waals surface area contributed by atoms with E-state index in [9.17, 15) is 9.90 Å². The molecule has 24 heavy (non-hydrogen) atoms. The molecule has 2 aromatic rings. The maximum absolute atomic E-state index is 12.2. The van der Waals surface area contributed by atoms with E-state index in [0.29, 0.717) is 24.4 Å². The Bertz CT molecular complexity index is 799. The van der Waals surface area contributed by atoms with Crippen molar-refractivity contribution in [3.8, 4) is 0 Å². The van der Waals surface area contributed by atoms with E-state index in [1.54, 1.807) is 13.8 Å². The van der Waals surface area contributed by atoms with Crippen LogP contribution in [0.3, 0.4) is 0 Å². The van der Waals surface area contributed by atoms with Crippen molar-refractivity contribution in [1.29, 1.82) is 0 Å². The van der Waals surface area contributed by atoms with Gasteiger partial charge in [0.25, 0.3) is 0 Å². The number of aryl methyl sites for hydroxylation is 1. The van der Waals surface area contributed by atoms with Crippen LogP contribution in [0.4, 0.5) is 4.79 Å². The van der Waals surface area contributed by atoms with Crippen molar-refractivity contribution in [3.63, 3.8) is 0 Å². The summed E-state index contributed by atoms with van der Waals surface area (Å²) in [5, 5.41) is 12.6. The summed E-state index contributed by atoms with van der Waals surface area (Å²) in [5.41, 5.74) is 0.782. The first-order valence-electron chi connectivity index (χ1n) is 8.20. The molecular formula is C18H23ClN2O3. The van der Waals surface area contributed by atoms with Crippen molar-refractivity contribution in [2.24, 2.45) is 0 Å². The van der Waals surface area contributed by atoms with Gasteiger partial charge in [-0.15, -0.1) is 0 Å². The lowest BCUT2D eigenvalue weighted by molar-refractivity contribution is -0.137. The highest BCUT2D eigenvalue weighted by Gasteiger charge is 2.58. The summed E-state index contributed by atoms with van der Waals surface area (Å²) >= 11 is 6.24. The predicted molar refractivity (Wildman–Crippen MR) is 94.3 cm³/mol. The molecule has 1 amide bonds. The Morgan fingerprint density at radius 1 is 1.38 bits per heavy atom. The highest BCUT2D eigenvalue weighted by Crippen LogP contribution is 2.40. The van der Waals surface area contributed by atoms with E-state index in [4.69, 9.17) is 16.3 Å². The third-order valence-electron chi connectivity index (χ3n) is 5.42. The summed E-state index contributed by atoms with van der Waals surface area (Å²) in [4.78, 5) is 17.0. The molecule has 1 aliphatic heterocycles. The SMILES string of the molecule is CCC1(C)OC(=O)N(CCc2c(C)[nH]c3c(Cl)cccc23)C1(C)O. The van der Waals surface area contributed by atoms with E-state index >= 15 is 0 Å². The highest BCUT2D eigenvalue weighted by molar-refractivity contribution is 6.35. The number of ether oxygens (including phenoxy) is 1. The van der Waals surface area contributed by atoms with Gasteiger partial charge in [0.1, 0.15) is 0 Å². The number of H-pyrrole nitrogens is 1. The number of nitrogens with one attached hydrogen (secondary N) is 1. The minimum atomic E-state index is -1.34. The Hall–Kier alpha value is -1.72. The predicted octanol–water partition coefficient (Wildman–Crippen LogP) is 4.00. The van der Waals surface area contributed by atoms with Crippen molar-refractivity contribution in [2.45, 2.75) is 51.9 Å². The average molecular weight is 351 g/mol. The largest absolute Gasteiger partial charge is 0.438 e. The molecule has 5 nitrogen and oxygen atoms in total. The van der Waals surface area contributed by atoms with Gasteiger partial charge in [-0.3, -0.25) is 4.90 Å². The number of carbonyl (C=O) groups excluding carboxylic acids is 1. The molecular weight excluding hydrogens is 328 g/mol. The highest BCUT2D eigenvalue weighted by atomic mass is 35.5. The lowest BCUT2D eigenvalue weighted by Gasteiger charge is -2.36. The van der Waals surface area contributed by atoms with Crippen LogP contribution in [0.1, 0.15) is 38.4 Å². The third kappa shape index (κ3) is 2.38. The Balaban J connectivity index is 1.88. The molecule has 0 aliphatic carbocycles. The molecule has 2 N–H and O–H groups in total. The van der Waals surface area contributed by atoms with Crippen LogP contribution < -0.4 is 0 Å². The number of amides is 1. The zero-order valence-corrected chi connectivity index (χ0v) is 15.2. The zero-order chi connectivity index (χ0) is 17.7. The van der Waals surface area contributed by atoms with E-state index in [1.807, 2.05) is 32.0 Å². The molecule has 2 atom stereocenters. The van der Waals surface area contributed by atoms with Gasteiger partial charge in [-0.25, -0.2) is 4.79 Å². The van der Waals surface area contributed by atoms with Crippen LogP contribution in [0.15, 0.2) is 18.2 Å². The standard InChI is InChI=1S/C18H23ClN2O3/c1-5-17(3)18(4,23)21(16(22)24-17)10-9-12-11(2)20-15-13(12)7-6-8-14(15)19/h6-8,20,23H,5,9-10H2,1-4H3. The van der Waals surface area contributed by atoms with Crippen LogP contribution in [0, 0.1) is 6.92 Å². The normalized spacial score (nSPS) is 27.1. The van der Waals surface area contributed by atoms with E-state index in [0.717, 1.165) is 22.2 Å². The molecule has 1 saturated heterocycles. The number of hydrogen-bond acceptors (Lipinski definition) is 3. The second-order valence-electron chi connectivity index (χ2n) is 6.77. The first-order valence-corrected chi connectivity index (χ1v) is 8.57. The van der Waals surface area contributed by atoms with Gasteiger partial charge in [-0.2, -0.15) is 0 Å². The lowest BCUT2D eigenvalue weighted by atomic mass is 9.90. The fraction of sp³-hybridized carbons (Fsp3) is 0.500. The summed E-state index contributed by atoms with van der Waals surface area (Å²) in [6, 6.07) is 5.77. The van der Waals surface area contributed by atoms with E-state index in [1.165, 1.54) is 4.90 Å². The van der Waals surface area contributed by atoms with Gasteiger partial charge in [0.05, 0.1) is 10.5 Å². The minimum absolute atomic E-state index is 0.377. The number of benzene rings is 1. The van der Waals surface area contributed by atoms with Crippen LogP contribution in [0.2, 0.25) is 5.02 Å².